The van der Waals surface area contributed by atoms with Gasteiger partial charge in [-0.15, -0.1) is 5.10 Å². The van der Waals surface area contributed by atoms with Crippen molar-refractivity contribution in [3.05, 3.63) is 29.1 Å². The molecule has 1 heterocycles. The molecule has 0 aliphatic heterocycles. The van der Waals surface area contributed by atoms with Gasteiger partial charge in [-0.1, -0.05) is 23.5 Å². The third-order valence-electron chi connectivity index (χ3n) is 2.23. The standard InChI is InChI=1S/C11H10N4OS/c1-15-8-4-2-3-5-9(8)17-11(15)14-13-10(16)6-7-12/h2-5H,6H2,1H3,(H,13,16)/b14-11-. The van der Waals surface area contributed by atoms with E-state index in [9.17, 15) is 4.79 Å². The lowest BCUT2D eigenvalue weighted by molar-refractivity contribution is -0.120. The highest BCUT2D eigenvalue weighted by Gasteiger charge is 2.02. The number of hydrogen-bond donors (Lipinski definition) is 1. The zero-order valence-corrected chi connectivity index (χ0v) is 9.99. The Morgan fingerprint density at radius 2 is 2.35 bits per heavy atom. The van der Waals surface area contributed by atoms with Crippen molar-refractivity contribution in [2.45, 2.75) is 6.42 Å². The molecule has 1 N–H and O–H groups in total. The molecule has 86 valence electrons. The van der Waals surface area contributed by atoms with Gasteiger partial charge in [-0.3, -0.25) is 4.79 Å². The lowest BCUT2D eigenvalue weighted by Gasteiger charge is -1.94. The second-order valence-electron chi connectivity index (χ2n) is 3.39. The molecule has 0 aliphatic carbocycles. The van der Waals surface area contributed by atoms with E-state index in [4.69, 9.17) is 5.26 Å². The summed E-state index contributed by atoms with van der Waals surface area (Å²) in [5.74, 6) is -0.398. The number of aryl methyl sites for hydroxylation is 1. The van der Waals surface area contributed by atoms with E-state index in [1.807, 2.05) is 35.9 Å². The maximum atomic E-state index is 11.1. The van der Waals surface area contributed by atoms with E-state index in [0.717, 1.165) is 10.2 Å². The van der Waals surface area contributed by atoms with E-state index < -0.39 is 5.91 Å². The minimum Gasteiger partial charge on any atom is -0.318 e. The van der Waals surface area contributed by atoms with Gasteiger partial charge < -0.3 is 4.57 Å². The van der Waals surface area contributed by atoms with Crippen molar-refractivity contribution >= 4 is 27.5 Å². The van der Waals surface area contributed by atoms with Crippen LogP contribution >= 0.6 is 11.3 Å². The van der Waals surface area contributed by atoms with Gasteiger partial charge in [-0.05, 0) is 12.1 Å². The molecule has 0 bridgehead atoms. The molecule has 17 heavy (non-hydrogen) atoms. The number of nitrogens with zero attached hydrogens (tertiary/aromatic N) is 3. The lowest BCUT2D eigenvalue weighted by Crippen LogP contribution is -2.22. The number of hydrogen-bond acceptors (Lipinski definition) is 4. The molecule has 0 saturated heterocycles. The zero-order chi connectivity index (χ0) is 12.3. The summed E-state index contributed by atoms with van der Waals surface area (Å²) in [6.45, 7) is 0. The SMILES string of the molecule is Cn1/c(=N/NC(=O)CC#N)sc2ccccc21. The number of amides is 1. The number of thiazole rings is 1. The fourth-order valence-corrected chi connectivity index (χ4v) is 2.39. The normalized spacial score (nSPS) is 11.4. The average molecular weight is 246 g/mol. The molecule has 1 amide bonds. The molecule has 0 spiro atoms. The fraction of sp³-hybridized carbons (Fsp3) is 0.182. The van der Waals surface area contributed by atoms with Crippen LogP contribution in [0.2, 0.25) is 0 Å². The van der Waals surface area contributed by atoms with Crippen LogP contribution in [0.1, 0.15) is 6.42 Å². The first-order valence-electron chi connectivity index (χ1n) is 4.96. The molecule has 0 unspecified atom stereocenters. The summed E-state index contributed by atoms with van der Waals surface area (Å²) in [6, 6.07) is 9.66. The minimum absolute atomic E-state index is 0.182. The Bertz CT molecular complexity index is 662. The van der Waals surface area contributed by atoms with E-state index >= 15 is 0 Å². The number of benzene rings is 1. The number of rotatable bonds is 2. The average Bonchev–Trinajstić information content (AvgIpc) is 2.65. The molecule has 0 aliphatic rings. The molecule has 0 fully saturated rings. The van der Waals surface area contributed by atoms with Crippen LogP contribution in [-0.2, 0) is 11.8 Å². The Balaban J connectivity index is 2.36. The molecular formula is C11H10N4OS. The Morgan fingerprint density at radius 3 is 3.06 bits per heavy atom. The fourth-order valence-electron chi connectivity index (χ4n) is 1.41. The Labute approximate surface area is 102 Å². The number of para-hydroxylation sites is 1. The summed E-state index contributed by atoms with van der Waals surface area (Å²) in [6.07, 6.45) is -0.182. The maximum Gasteiger partial charge on any atom is 0.254 e. The van der Waals surface area contributed by atoms with Gasteiger partial charge in [0.2, 0.25) is 4.80 Å². The first-order chi connectivity index (χ1) is 8.22. The van der Waals surface area contributed by atoms with Gasteiger partial charge in [0.25, 0.3) is 5.91 Å². The predicted molar refractivity (Wildman–Crippen MR) is 64.7 cm³/mol. The van der Waals surface area contributed by atoms with Crippen molar-refractivity contribution in [2.24, 2.45) is 12.1 Å². The van der Waals surface area contributed by atoms with Crippen LogP contribution in [0.5, 0.6) is 0 Å². The van der Waals surface area contributed by atoms with Crippen molar-refractivity contribution in [2.75, 3.05) is 0 Å². The Morgan fingerprint density at radius 1 is 1.59 bits per heavy atom. The van der Waals surface area contributed by atoms with Crippen LogP contribution < -0.4 is 10.2 Å². The molecule has 0 saturated carbocycles. The smallest absolute Gasteiger partial charge is 0.254 e. The van der Waals surface area contributed by atoms with Crippen molar-refractivity contribution in [1.29, 1.82) is 5.26 Å². The van der Waals surface area contributed by atoms with Gasteiger partial charge in [0.1, 0.15) is 6.42 Å². The van der Waals surface area contributed by atoms with E-state index in [0.29, 0.717) is 4.80 Å². The van der Waals surface area contributed by atoms with Crippen LogP contribution in [0, 0.1) is 11.3 Å². The first kappa shape index (κ1) is 11.4. The summed E-state index contributed by atoms with van der Waals surface area (Å²) in [5, 5.41) is 12.3. The van der Waals surface area contributed by atoms with Crippen molar-refractivity contribution in [3.63, 3.8) is 0 Å². The van der Waals surface area contributed by atoms with Crippen LogP contribution in [0.15, 0.2) is 29.4 Å². The second kappa shape index (κ2) is 4.80. The largest absolute Gasteiger partial charge is 0.318 e. The molecule has 2 rings (SSSR count). The molecular weight excluding hydrogens is 236 g/mol. The highest BCUT2D eigenvalue weighted by atomic mass is 32.1. The molecule has 1 aromatic carbocycles. The molecule has 2 aromatic rings. The van der Waals surface area contributed by atoms with Crippen molar-refractivity contribution in [3.8, 4) is 6.07 Å². The Kier molecular flexibility index (Phi) is 3.21. The Hall–Kier alpha value is -2.13. The number of fused-ring (bicyclic) bond motifs is 1. The quantitative estimate of drug-likeness (QED) is 0.806. The predicted octanol–water partition coefficient (Wildman–Crippen LogP) is 1.09. The van der Waals surface area contributed by atoms with Crippen LogP contribution in [0.3, 0.4) is 0 Å². The second-order valence-corrected chi connectivity index (χ2v) is 4.40. The monoisotopic (exact) mass is 246 g/mol. The topological polar surface area (TPSA) is 70.2 Å². The van der Waals surface area contributed by atoms with Crippen LogP contribution in [0.4, 0.5) is 0 Å². The first-order valence-corrected chi connectivity index (χ1v) is 5.78. The highest BCUT2D eigenvalue weighted by molar-refractivity contribution is 7.16. The van der Waals surface area contributed by atoms with Gasteiger partial charge in [-0.25, -0.2) is 5.43 Å². The van der Waals surface area contributed by atoms with E-state index in [1.54, 1.807) is 6.07 Å². The summed E-state index contributed by atoms with van der Waals surface area (Å²) in [5.41, 5.74) is 3.42. The third kappa shape index (κ3) is 2.34. The van der Waals surface area contributed by atoms with Gasteiger partial charge in [0.15, 0.2) is 0 Å². The summed E-state index contributed by atoms with van der Waals surface area (Å²) in [7, 11) is 1.88. The molecule has 6 heteroatoms. The van der Waals surface area contributed by atoms with E-state index in [2.05, 4.69) is 10.5 Å². The van der Waals surface area contributed by atoms with Crippen LogP contribution in [0.25, 0.3) is 10.2 Å². The number of nitriles is 1. The maximum absolute atomic E-state index is 11.1. The molecule has 0 atom stereocenters. The summed E-state index contributed by atoms with van der Waals surface area (Å²) >= 11 is 1.48. The summed E-state index contributed by atoms with van der Waals surface area (Å²) in [4.78, 5) is 11.8. The molecule has 5 nitrogen and oxygen atoms in total. The molecule has 1 aromatic heterocycles. The lowest BCUT2D eigenvalue weighted by atomic mass is 10.3. The summed E-state index contributed by atoms with van der Waals surface area (Å²) < 4.78 is 3.00. The third-order valence-corrected chi connectivity index (χ3v) is 3.34. The highest BCUT2D eigenvalue weighted by Crippen LogP contribution is 2.14. The van der Waals surface area contributed by atoms with E-state index in [-0.39, 0.29) is 6.42 Å². The van der Waals surface area contributed by atoms with Crippen molar-refractivity contribution in [1.82, 2.24) is 9.99 Å². The number of carbonyl (C=O) groups excluding carboxylic acids is 1. The van der Waals surface area contributed by atoms with E-state index in [1.165, 1.54) is 11.3 Å². The van der Waals surface area contributed by atoms with Gasteiger partial charge in [-0.2, -0.15) is 5.26 Å². The number of aromatic nitrogens is 1. The minimum atomic E-state index is -0.398. The van der Waals surface area contributed by atoms with Gasteiger partial charge >= 0.3 is 0 Å². The zero-order valence-electron chi connectivity index (χ0n) is 9.17. The van der Waals surface area contributed by atoms with Gasteiger partial charge in [0, 0.05) is 7.05 Å². The van der Waals surface area contributed by atoms with Crippen LogP contribution in [-0.4, -0.2) is 10.5 Å². The van der Waals surface area contributed by atoms with Crippen molar-refractivity contribution < 1.29 is 4.79 Å². The number of carbonyl (C=O) groups is 1. The van der Waals surface area contributed by atoms with Gasteiger partial charge in [0.05, 0.1) is 16.3 Å². The number of nitrogens with one attached hydrogen (secondary N) is 1. The molecule has 0 radical (unpaired) electrons.